The SMILES string of the molecule is Cc1cc2c(c(C)c1NC(=O)CC1(C)CC1)CCN(c1ccc(CO)s1)C2. The third-order valence-corrected chi connectivity index (χ3v) is 7.19. The van der Waals surface area contributed by atoms with E-state index < -0.39 is 0 Å². The standard InChI is InChI=1S/C22H28N2O2S/c1-14-10-16-12-24(20-5-4-17(13-25)27-20)9-6-18(16)15(2)21(14)23-19(26)11-22(3)7-8-22/h4-5,10,25H,6-9,11-13H2,1-3H3,(H,23,26). The highest BCUT2D eigenvalue weighted by molar-refractivity contribution is 7.16. The van der Waals surface area contributed by atoms with Crippen LogP contribution >= 0.6 is 11.3 Å². The van der Waals surface area contributed by atoms with Crippen molar-refractivity contribution in [3.05, 3.63) is 45.3 Å². The summed E-state index contributed by atoms with van der Waals surface area (Å²) in [6.45, 7) is 8.39. The van der Waals surface area contributed by atoms with Gasteiger partial charge in [-0.05, 0) is 72.9 Å². The van der Waals surface area contributed by atoms with Crippen molar-refractivity contribution in [2.75, 3.05) is 16.8 Å². The number of carbonyl (C=O) groups excluding carboxylic acids is 1. The fraction of sp³-hybridized carbons (Fsp3) is 0.500. The van der Waals surface area contributed by atoms with Crippen molar-refractivity contribution in [3.63, 3.8) is 0 Å². The van der Waals surface area contributed by atoms with Gasteiger partial charge in [0.15, 0.2) is 0 Å². The number of thiophene rings is 1. The summed E-state index contributed by atoms with van der Waals surface area (Å²) in [6.07, 6.45) is 3.94. The Bertz CT molecular complexity index is 883. The first-order chi connectivity index (χ1) is 12.9. The molecule has 1 fully saturated rings. The molecule has 5 heteroatoms. The molecular formula is C22H28N2O2S. The van der Waals surface area contributed by atoms with Gasteiger partial charge in [-0.1, -0.05) is 13.0 Å². The monoisotopic (exact) mass is 384 g/mol. The van der Waals surface area contributed by atoms with Crippen molar-refractivity contribution >= 4 is 27.9 Å². The predicted octanol–water partition coefficient (Wildman–Crippen LogP) is 4.55. The number of amides is 1. The number of aliphatic hydroxyl groups is 1. The van der Waals surface area contributed by atoms with E-state index in [2.05, 4.69) is 43.1 Å². The lowest BCUT2D eigenvalue weighted by Crippen LogP contribution is -2.30. The number of hydrogen-bond acceptors (Lipinski definition) is 4. The molecule has 0 radical (unpaired) electrons. The van der Waals surface area contributed by atoms with Crippen LogP contribution < -0.4 is 10.2 Å². The molecule has 4 rings (SSSR count). The maximum Gasteiger partial charge on any atom is 0.224 e. The maximum atomic E-state index is 12.5. The van der Waals surface area contributed by atoms with Gasteiger partial charge in [0.05, 0.1) is 11.6 Å². The van der Waals surface area contributed by atoms with E-state index in [1.807, 2.05) is 6.07 Å². The maximum absolute atomic E-state index is 12.5. The van der Waals surface area contributed by atoms with E-state index in [-0.39, 0.29) is 17.9 Å². The lowest BCUT2D eigenvalue weighted by Gasteiger charge is -2.32. The van der Waals surface area contributed by atoms with E-state index >= 15 is 0 Å². The van der Waals surface area contributed by atoms with Crippen molar-refractivity contribution < 1.29 is 9.90 Å². The van der Waals surface area contributed by atoms with Crippen molar-refractivity contribution in [3.8, 4) is 0 Å². The molecule has 0 bridgehead atoms. The summed E-state index contributed by atoms with van der Waals surface area (Å²) in [7, 11) is 0. The number of nitrogens with one attached hydrogen (secondary N) is 1. The van der Waals surface area contributed by atoms with Gasteiger partial charge in [-0.15, -0.1) is 11.3 Å². The molecule has 0 saturated heterocycles. The van der Waals surface area contributed by atoms with E-state index in [0.717, 1.165) is 35.6 Å². The Labute approximate surface area is 165 Å². The van der Waals surface area contributed by atoms with E-state index in [9.17, 15) is 9.90 Å². The van der Waals surface area contributed by atoms with E-state index in [0.29, 0.717) is 6.42 Å². The third-order valence-electron chi connectivity index (χ3n) is 6.06. The van der Waals surface area contributed by atoms with Crippen molar-refractivity contribution in [2.24, 2.45) is 5.41 Å². The third kappa shape index (κ3) is 3.76. The molecule has 4 nitrogen and oxygen atoms in total. The van der Waals surface area contributed by atoms with Crippen LogP contribution in [0.5, 0.6) is 0 Å². The van der Waals surface area contributed by atoms with Crippen LogP contribution in [0.25, 0.3) is 0 Å². The number of anilines is 2. The van der Waals surface area contributed by atoms with Crippen molar-refractivity contribution in [2.45, 2.75) is 59.6 Å². The second kappa shape index (κ2) is 6.95. The van der Waals surface area contributed by atoms with Crippen LogP contribution in [-0.4, -0.2) is 17.6 Å². The highest BCUT2D eigenvalue weighted by atomic mass is 32.1. The van der Waals surface area contributed by atoms with Crippen LogP contribution in [0.1, 0.15) is 53.3 Å². The summed E-state index contributed by atoms with van der Waals surface area (Å²) in [4.78, 5) is 15.9. The number of aryl methyl sites for hydroxylation is 1. The second-order valence-corrected chi connectivity index (χ2v) is 9.58. The zero-order valence-corrected chi connectivity index (χ0v) is 17.2. The number of nitrogens with zero attached hydrogens (tertiary/aromatic N) is 1. The average Bonchev–Trinajstić information content (AvgIpc) is 3.17. The molecule has 1 aliphatic carbocycles. The molecule has 0 spiro atoms. The Hall–Kier alpha value is -1.85. The minimum absolute atomic E-state index is 0.107. The van der Waals surface area contributed by atoms with Gasteiger partial charge in [0.2, 0.25) is 5.91 Å². The molecule has 1 amide bonds. The summed E-state index contributed by atoms with van der Waals surface area (Å²) in [5.74, 6) is 0.147. The summed E-state index contributed by atoms with van der Waals surface area (Å²) in [6, 6.07) is 6.35. The molecule has 2 heterocycles. The first-order valence-corrected chi connectivity index (χ1v) is 10.6. The Balaban J connectivity index is 1.54. The number of carbonyl (C=O) groups is 1. The second-order valence-electron chi connectivity index (χ2n) is 8.44. The van der Waals surface area contributed by atoms with Crippen LogP contribution in [0.15, 0.2) is 18.2 Å². The highest BCUT2D eigenvalue weighted by Gasteiger charge is 2.39. The van der Waals surface area contributed by atoms with Crippen LogP contribution in [0.3, 0.4) is 0 Å². The van der Waals surface area contributed by atoms with Gasteiger partial charge in [-0.3, -0.25) is 4.79 Å². The van der Waals surface area contributed by atoms with Gasteiger partial charge in [-0.2, -0.15) is 0 Å². The molecule has 144 valence electrons. The number of hydrogen-bond donors (Lipinski definition) is 2. The Morgan fingerprint density at radius 3 is 2.78 bits per heavy atom. The smallest absolute Gasteiger partial charge is 0.224 e. The molecule has 0 atom stereocenters. The number of fused-ring (bicyclic) bond motifs is 1. The minimum Gasteiger partial charge on any atom is -0.391 e. The fourth-order valence-corrected chi connectivity index (χ4v) is 4.98. The van der Waals surface area contributed by atoms with Crippen LogP contribution in [0.2, 0.25) is 0 Å². The first-order valence-electron chi connectivity index (χ1n) is 9.75. The summed E-state index contributed by atoms with van der Waals surface area (Å²) >= 11 is 1.66. The van der Waals surface area contributed by atoms with E-state index in [1.165, 1.54) is 34.5 Å². The highest BCUT2D eigenvalue weighted by Crippen LogP contribution is 2.48. The van der Waals surface area contributed by atoms with Gasteiger partial charge in [0.1, 0.15) is 0 Å². The topological polar surface area (TPSA) is 52.6 Å². The zero-order chi connectivity index (χ0) is 19.2. The molecule has 1 aromatic heterocycles. The lowest BCUT2D eigenvalue weighted by atomic mass is 9.91. The Morgan fingerprint density at radius 1 is 1.33 bits per heavy atom. The predicted molar refractivity (Wildman–Crippen MR) is 111 cm³/mol. The van der Waals surface area contributed by atoms with Crippen LogP contribution in [0.4, 0.5) is 10.7 Å². The average molecular weight is 385 g/mol. The molecule has 2 aromatic rings. The Morgan fingerprint density at radius 2 is 2.11 bits per heavy atom. The fourth-order valence-electron chi connectivity index (χ4n) is 4.09. The normalized spacial score (nSPS) is 17.6. The van der Waals surface area contributed by atoms with Gasteiger partial charge < -0.3 is 15.3 Å². The van der Waals surface area contributed by atoms with Gasteiger partial charge in [0.25, 0.3) is 0 Å². The van der Waals surface area contributed by atoms with Gasteiger partial charge in [-0.25, -0.2) is 0 Å². The number of rotatable bonds is 5. The Kier molecular flexibility index (Phi) is 4.77. The number of benzene rings is 1. The molecular weight excluding hydrogens is 356 g/mol. The van der Waals surface area contributed by atoms with Gasteiger partial charge >= 0.3 is 0 Å². The quantitative estimate of drug-likeness (QED) is 0.795. The molecule has 27 heavy (non-hydrogen) atoms. The molecule has 1 saturated carbocycles. The van der Waals surface area contributed by atoms with E-state index in [1.54, 1.807) is 11.3 Å². The summed E-state index contributed by atoms with van der Waals surface area (Å²) in [5.41, 5.74) is 6.33. The first kappa shape index (κ1) is 18.5. The van der Waals surface area contributed by atoms with Crippen molar-refractivity contribution in [1.29, 1.82) is 0 Å². The largest absolute Gasteiger partial charge is 0.391 e. The number of aliphatic hydroxyl groups excluding tert-OH is 1. The minimum atomic E-state index is 0.107. The van der Waals surface area contributed by atoms with E-state index in [4.69, 9.17) is 0 Å². The van der Waals surface area contributed by atoms with Crippen LogP contribution in [-0.2, 0) is 24.4 Å². The molecule has 1 aromatic carbocycles. The van der Waals surface area contributed by atoms with Gasteiger partial charge in [0, 0.05) is 30.1 Å². The zero-order valence-electron chi connectivity index (χ0n) is 16.4. The molecule has 0 unspecified atom stereocenters. The molecule has 2 aliphatic rings. The van der Waals surface area contributed by atoms with Crippen LogP contribution in [0, 0.1) is 19.3 Å². The lowest BCUT2D eigenvalue weighted by molar-refractivity contribution is -0.117. The molecule has 2 N–H and O–H groups in total. The molecule has 1 aliphatic heterocycles. The van der Waals surface area contributed by atoms with Crippen molar-refractivity contribution in [1.82, 2.24) is 0 Å². The summed E-state index contributed by atoms with van der Waals surface area (Å²) in [5, 5.41) is 13.7. The summed E-state index contributed by atoms with van der Waals surface area (Å²) < 4.78 is 0.